The van der Waals surface area contributed by atoms with E-state index >= 15 is 0 Å². The molecule has 6 nitrogen and oxygen atoms in total. The highest BCUT2D eigenvalue weighted by Gasteiger charge is 2.12. The van der Waals surface area contributed by atoms with E-state index in [-0.39, 0.29) is 12.5 Å². The zero-order valence-corrected chi connectivity index (χ0v) is 18.9. The molecule has 2 aromatic carbocycles. The van der Waals surface area contributed by atoms with Gasteiger partial charge in [0.1, 0.15) is 5.82 Å². The van der Waals surface area contributed by atoms with Gasteiger partial charge in [-0.3, -0.25) is 9.78 Å². The number of aromatic amines is 1. The minimum absolute atomic E-state index is 0.0537. The summed E-state index contributed by atoms with van der Waals surface area (Å²) >= 11 is 6.13. The van der Waals surface area contributed by atoms with Crippen LogP contribution in [-0.4, -0.2) is 25.4 Å². The van der Waals surface area contributed by atoms with Gasteiger partial charge in [0.05, 0.1) is 11.3 Å². The first-order chi connectivity index (χ1) is 16.5. The predicted molar refractivity (Wildman–Crippen MR) is 129 cm³/mol. The molecular formula is C26H21ClFN5O. The van der Waals surface area contributed by atoms with E-state index in [1.165, 1.54) is 11.6 Å². The molecular weight excluding hydrogens is 453 g/mol. The molecule has 0 saturated carbocycles. The first kappa shape index (κ1) is 21.9. The molecule has 34 heavy (non-hydrogen) atoms. The lowest BCUT2D eigenvalue weighted by Gasteiger charge is -2.09. The quantitative estimate of drug-likeness (QED) is 0.344. The Morgan fingerprint density at radius 2 is 1.91 bits per heavy atom. The number of H-pyrrole nitrogens is 1. The molecule has 3 aromatic heterocycles. The maximum absolute atomic E-state index is 14.4. The second kappa shape index (κ2) is 9.49. The van der Waals surface area contributed by atoms with Gasteiger partial charge in [0.25, 0.3) is 5.91 Å². The zero-order valence-electron chi connectivity index (χ0n) is 18.1. The minimum Gasteiger partial charge on any atom is -0.360 e. The third-order valence-electron chi connectivity index (χ3n) is 5.65. The summed E-state index contributed by atoms with van der Waals surface area (Å²) in [4.78, 5) is 24.1. The Labute approximate surface area is 200 Å². The maximum Gasteiger partial charge on any atom is 0.251 e. The number of hydrogen-bond donors (Lipinski definition) is 2. The third kappa shape index (κ3) is 4.84. The lowest BCUT2D eigenvalue weighted by Crippen LogP contribution is -2.23. The van der Waals surface area contributed by atoms with E-state index in [1.807, 2.05) is 10.8 Å². The fraction of sp³-hybridized carbons (Fsp3) is 0.115. The van der Waals surface area contributed by atoms with Crippen molar-refractivity contribution in [2.24, 2.45) is 0 Å². The van der Waals surface area contributed by atoms with Gasteiger partial charge in [-0.1, -0.05) is 35.9 Å². The predicted octanol–water partition coefficient (Wildman–Crippen LogP) is 5.12. The topological polar surface area (TPSA) is 75.6 Å². The van der Waals surface area contributed by atoms with Crippen molar-refractivity contribution in [2.45, 2.75) is 19.5 Å². The number of pyridine rings is 1. The van der Waals surface area contributed by atoms with Gasteiger partial charge in [-0.2, -0.15) is 0 Å². The largest absolute Gasteiger partial charge is 0.360 e. The van der Waals surface area contributed by atoms with Gasteiger partial charge >= 0.3 is 0 Å². The Hall–Kier alpha value is -3.97. The van der Waals surface area contributed by atoms with Crippen LogP contribution in [0.25, 0.3) is 10.9 Å². The molecule has 5 rings (SSSR count). The summed E-state index contributed by atoms with van der Waals surface area (Å²) in [6.07, 6.45) is 9.30. The van der Waals surface area contributed by atoms with Crippen LogP contribution in [-0.2, 0) is 19.5 Å². The number of carbonyl (C=O) groups is 1. The monoisotopic (exact) mass is 473 g/mol. The van der Waals surface area contributed by atoms with Crippen LogP contribution in [0.3, 0.4) is 0 Å². The van der Waals surface area contributed by atoms with Crippen LogP contribution >= 0.6 is 11.6 Å². The molecule has 8 heteroatoms. The number of nitrogens with one attached hydrogen (secondary N) is 2. The molecule has 0 bridgehead atoms. The first-order valence-electron chi connectivity index (χ1n) is 10.8. The molecule has 3 heterocycles. The number of aromatic nitrogens is 4. The molecule has 0 aliphatic rings. The van der Waals surface area contributed by atoms with Crippen LogP contribution in [0.1, 0.15) is 32.7 Å². The van der Waals surface area contributed by atoms with Gasteiger partial charge in [-0.05, 0) is 35.4 Å². The highest BCUT2D eigenvalue weighted by atomic mass is 35.5. The molecule has 0 atom stereocenters. The van der Waals surface area contributed by atoms with Crippen LogP contribution < -0.4 is 5.32 Å². The van der Waals surface area contributed by atoms with E-state index in [0.29, 0.717) is 28.1 Å². The molecule has 5 aromatic rings. The Kier molecular flexibility index (Phi) is 6.10. The van der Waals surface area contributed by atoms with Crippen molar-refractivity contribution in [1.82, 2.24) is 24.8 Å². The minimum atomic E-state index is -0.404. The molecule has 0 saturated heterocycles. The summed E-state index contributed by atoms with van der Waals surface area (Å²) in [5, 5.41) is 4.01. The molecule has 0 radical (unpaired) electrons. The summed E-state index contributed by atoms with van der Waals surface area (Å²) in [5.41, 5.74) is 4.51. The van der Waals surface area contributed by atoms with E-state index in [1.54, 1.807) is 43.1 Å². The van der Waals surface area contributed by atoms with Crippen molar-refractivity contribution in [3.8, 4) is 0 Å². The van der Waals surface area contributed by atoms with Crippen molar-refractivity contribution >= 4 is 28.4 Å². The van der Waals surface area contributed by atoms with Crippen LogP contribution in [0.2, 0.25) is 5.02 Å². The molecule has 170 valence electrons. The van der Waals surface area contributed by atoms with Crippen LogP contribution in [0, 0.1) is 5.82 Å². The van der Waals surface area contributed by atoms with Crippen molar-refractivity contribution in [3.05, 3.63) is 118 Å². The van der Waals surface area contributed by atoms with Gasteiger partial charge < -0.3 is 14.9 Å². The summed E-state index contributed by atoms with van der Waals surface area (Å²) in [5.74, 6) is -0.697. The third-order valence-corrected chi connectivity index (χ3v) is 5.96. The SMILES string of the molecule is O=C(NCc1cc2c(Cl)c[nH]c2cc1F)c1ccnc(Cc2ccc(Cn3ccnc3)cc2)c1. The van der Waals surface area contributed by atoms with Gasteiger partial charge in [0.2, 0.25) is 0 Å². The molecule has 1 amide bonds. The Bertz CT molecular complexity index is 1440. The van der Waals surface area contributed by atoms with Crippen LogP contribution in [0.4, 0.5) is 4.39 Å². The number of nitrogens with zero attached hydrogens (tertiary/aromatic N) is 3. The summed E-state index contributed by atoms with van der Waals surface area (Å²) < 4.78 is 16.4. The number of rotatable bonds is 7. The average molecular weight is 474 g/mol. The van der Waals surface area contributed by atoms with Crippen molar-refractivity contribution in [3.63, 3.8) is 0 Å². The van der Waals surface area contributed by atoms with Crippen LogP contribution in [0.15, 0.2) is 79.6 Å². The molecule has 0 aliphatic heterocycles. The zero-order chi connectivity index (χ0) is 23.5. The lowest BCUT2D eigenvalue weighted by atomic mass is 10.1. The normalized spacial score (nSPS) is 11.1. The number of amides is 1. The maximum atomic E-state index is 14.4. The Morgan fingerprint density at radius 3 is 2.71 bits per heavy atom. The summed E-state index contributed by atoms with van der Waals surface area (Å²) in [6.45, 7) is 0.816. The van der Waals surface area contributed by atoms with Crippen molar-refractivity contribution in [2.75, 3.05) is 0 Å². The van der Waals surface area contributed by atoms with Crippen molar-refractivity contribution < 1.29 is 9.18 Å². The van der Waals surface area contributed by atoms with Gasteiger partial charge in [-0.25, -0.2) is 9.37 Å². The molecule has 0 fully saturated rings. The van der Waals surface area contributed by atoms with Gasteiger partial charge in [0, 0.05) is 72.0 Å². The van der Waals surface area contributed by atoms with Gasteiger partial charge in [-0.15, -0.1) is 0 Å². The average Bonchev–Trinajstić information content (AvgIpc) is 3.48. The van der Waals surface area contributed by atoms with E-state index in [9.17, 15) is 9.18 Å². The Balaban J connectivity index is 1.23. The second-order valence-electron chi connectivity index (χ2n) is 8.07. The second-order valence-corrected chi connectivity index (χ2v) is 8.48. The van der Waals surface area contributed by atoms with E-state index < -0.39 is 5.82 Å². The smallest absolute Gasteiger partial charge is 0.251 e. The van der Waals surface area contributed by atoms with Gasteiger partial charge in [0.15, 0.2) is 0 Å². The highest BCUT2D eigenvalue weighted by molar-refractivity contribution is 6.35. The summed E-state index contributed by atoms with van der Waals surface area (Å²) in [7, 11) is 0. The molecule has 0 unspecified atom stereocenters. The number of fused-ring (bicyclic) bond motifs is 1. The fourth-order valence-electron chi connectivity index (χ4n) is 3.85. The first-order valence-corrected chi connectivity index (χ1v) is 11.1. The summed E-state index contributed by atoms with van der Waals surface area (Å²) in [6, 6.07) is 14.7. The Morgan fingerprint density at radius 1 is 1.09 bits per heavy atom. The molecule has 0 spiro atoms. The number of carbonyl (C=O) groups excluding carboxylic acids is 1. The number of halogens is 2. The highest BCUT2D eigenvalue weighted by Crippen LogP contribution is 2.25. The number of imidazole rings is 1. The lowest BCUT2D eigenvalue weighted by molar-refractivity contribution is 0.0950. The van der Waals surface area contributed by atoms with E-state index in [4.69, 9.17) is 11.6 Å². The van der Waals surface area contributed by atoms with E-state index in [2.05, 4.69) is 44.5 Å². The van der Waals surface area contributed by atoms with Crippen LogP contribution in [0.5, 0.6) is 0 Å². The van der Waals surface area contributed by atoms with Crippen molar-refractivity contribution in [1.29, 1.82) is 0 Å². The molecule has 2 N–H and O–H groups in total. The standard InChI is InChI=1S/C26H21ClFN5O/c27-23-14-31-25-12-24(28)20(11-22(23)25)13-32-26(34)19-5-6-30-21(10-19)9-17-1-3-18(4-2-17)15-33-8-7-29-16-33/h1-8,10-12,14,16,31H,9,13,15H2,(H,32,34). The van der Waals surface area contributed by atoms with E-state index in [0.717, 1.165) is 23.2 Å². The molecule has 0 aliphatic carbocycles. The fourth-order valence-corrected chi connectivity index (χ4v) is 4.06. The number of benzene rings is 2. The number of hydrogen-bond acceptors (Lipinski definition) is 3.